The van der Waals surface area contributed by atoms with Crippen molar-refractivity contribution in [3.05, 3.63) is 23.9 Å². The molecule has 0 amide bonds. The summed E-state index contributed by atoms with van der Waals surface area (Å²) in [6.07, 6.45) is 3.09. The summed E-state index contributed by atoms with van der Waals surface area (Å²) in [5, 5.41) is 3.39. The molecule has 15 heavy (non-hydrogen) atoms. The highest BCUT2D eigenvalue weighted by molar-refractivity contribution is 5.29. The quantitative estimate of drug-likeness (QED) is 0.738. The second-order valence-corrected chi connectivity index (χ2v) is 3.97. The predicted octanol–water partition coefficient (Wildman–Crippen LogP) is 0.459. The van der Waals surface area contributed by atoms with E-state index in [2.05, 4.69) is 21.3 Å². The van der Waals surface area contributed by atoms with Gasteiger partial charge in [-0.15, -0.1) is 0 Å². The summed E-state index contributed by atoms with van der Waals surface area (Å²) in [4.78, 5) is 6.56. The van der Waals surface area contributed by atoms with Gasteiger partial charge in [0.2, 0.25) is 0 Å². The van der Waals surface area contributed by atoms with Gasteiger partial charge in [-0.3, -0.25) is 4.90 Å². The van der Waals surface area contributed by atoms with Crippen molar-refractivity contribution in [3.8, 4) is 0 Å². The first-order chi connectivity index (χ1) is 7.34. The Morgan fingerprint density at radius 3 is 3.07 bits per heavy atom. The van der Waals surface area contributed by atoms with Gasteiger partial charge in [-0.2, -0.15) is 0 Å². The number of nitrogens with one attached hydrogen (secondary N) is 1. The van der Waals surface area contributed by atoms with Crippen LogP contribution in [0.1, 0.15) is 12.0 Å². The number of hydrogen-bond acceptors (Lipinski definition) is 4. The number of nitrogen functional groups attached to an aromatic ring is 1. The molecule has 1 fully saturated rings. The molecule has 2 heterocycles. The van der Waals surface area contributed by atoms with Crippen LogP contribution >= 0.6 is 0 Å². The zero-order chi connectivity index (χ0) is 10.5. The van der Waals surface area contributed by atoms with Crippen LogP contribution in [0, 0.1) is 0 Å². The smallest absolute Gasteiger partial charge is 0.123 e. The topological polar surface area (TPSA) is 54.2 Å². The molecule has 1 aromatic heterocycles. The molecule has 2 rings (SSSR count). The third-order valence-corrected chi connectivity index (χ3v) is 2.69. The van der Waals surface area contributed by atoms with E-state index in [0.717, 1.165) is 32.7 Å². The predicted molar refractivity (Wildman–Crippen MR) is 61.4 cm³/mol. The van der Waals surface area contributed by atoms with Crippen molar-refractivity contribution < 1.29 is 0 Å². The molecule has 0 atom stereocenters. The molecule has 1 aliphatic heterocycles. The maximum absolute atomic E-state index is 5.55. The molecule has 4 heteroatoms. The maximum Gasteiger partial charge on any atom is 0.123 e. The van der Waals surface area contributed by atoms with Crippen LogP contribution in [0.5, 0.6) is 0 Å². The third kappa shape index (κ3) is 3.18. The lowest BCUT2D eigenvalue weighted by Gasteiger charge is -2.19. The molecule has 0 spiro atoms. The number of nitrogens with two attached hydrogens (primary N) is 1. The van der Waals surface area contributed by atoms with E-state index in [9.17, 15) is 0 Å². The summed E-state index contributed by atoms with van der Waals surface area (Å²) in [7, 11) is 0. The first kappa shape index (κ1) is 10.4. The molecule has 1 saturated heterocycles. The summed E-state index contributed by atoms with van der Waals surface area (Å²) < 4.78 is 0. The zero-order valence-corrected chi connectivity index (χ0v) is 8.95. The van der Waals surface area contributed by atoms with Crippen LogP contribution in [-0.2, 0) is 6.54 Å². The highest BCUT2D eigenvalue weighted by atomic mass is 15.1. The Labute approximate surface area is 90.5 Å². The molecule has 1 aromatic rings. The third-order valence-electron chi connectivity index (χ3n) is 2.69. The minimum absolute atomic E-state index is 0.594. The van der Waals surface area contributed by atoms with E-state index in [1.807, 2.05) is 12.3 Å². The number of rotatable bonds is 2. The van der Waals surface area contributed by atoms with E-state index in [-0.39, 0.29) is 0 Å². The summed E-state index contributed by atoms with van der Waals surface area (Å²) in [5.41, 5.74) is 6.79. The highest BCUT2D eigenvalue weighted by Crippen LogP contribution is 2.06. The van der Waals surface area contributed by atoms with Crippen LogP contribution < -0.4 is 11.1 Å². The molecule has 1 aliphatic rings. The average molecular weight is 206 g/mol. The molecule has 4 nitrogen and oxygen atoms in total. The molecule has 82 valence electrons. The van der Waals surface area contributed by atoms with E-state index < -0.39 is 0 Å². The highest BCUT2D eigenvalue weighted by Gasteiger charge is 2.08. The minimum atomic E-state index is 0.594. The van der Waals surface area contributed by atoms with Crippen molar-refractivity contribution in [1.29, 1.82) is 0 Å². The number of anilines is 1. The van der Waals surface area contributed by atoms with E-state index in [0.29, 0.717) is 5.82 Å². The van der Waals surface area contributed by atoms with Crippen LogP contribution in [0.2, 0.25) is 0 Å². The van der Waals surface area contributed by atoms with Crippen molar-refractivity contribution >= 4 is 5.82 Å². The Morgan fingerprint density at radius 2 is 2.27 bits per heavy atom. The van der Waals surface area contributed by atoms with Gasteiger partial charge >= 0.3 is 0 Å². The molecule has 0 saturated carbocycles. The molecular weight excluding hydrogens is 188 g/mol. The fraction of sp³-hybridized carbons (Fsp3) is 0.545. The van der Waals surface area contributed by atoms with Gasteiger partial charge < -0.3 is 11.1 Å². The summed E-state index contributed by atoms with van der Waals surface area (Å²) >= 11 is 0. The van der Waals surface area contributed by atoms with Crippen LogP contribution in [0.4, 0.5) is 5.82 Å². The number of hydrogen-bond donors (Lipinski definition) is 2. The molecule has 0 aliphatic carbocycles. The van der Waals surface area contributed by atoms with Gasteiger partial charge in [0.15, 0.2) is 0 Å². The molecule has 0 bridgehead atoms. The number of nitrogens with zero attached hydrogens (tertiary/aromatic N) is 2. The van der Waals surface area contributed by atoms with Crippen LogP contribution in [0.3, 0.4) is 0 Å². The molecular formula is C11H18N4. The molecule has 0 aromatic carbocycles. The first-order valence-electron chi connectivity index (χ1n) is 5.48. The van der Waals surface area contributed by atoms with Crippen molar-refractivity contribution in [1.82, 2.24) is 15.2 Å². The number of aromatic nitrogens is 1. The lowest BCUT2D eigenvalue weighted by atomic mass is 10.2. The molecule has 0 unspecified atom stereocenters. The van der Waals surface area contributed by atoms with Crippen molar-refractivity contribution in [2.75, 3.05) is 31.9 Å². The van der Waals surface area contributed by atoms with E-state index >= 15 is 0 Å². The average Bonchev–Trinajstić information content (AvgIpc) is 2.50. The van der Waals surface area contributed by atoms with Crippen LogP contribution in [0.25, 0.3) is 0 Å². The fourth-order valence-electron chi connectivity index (χ4n) is 1.85. The van der Waals surface area contributed by atoms with Crippen LogP contribution in [0.15, 0.2) is 18.3 Å². The Kier molecular flexibility index (Phi) is 3.53. The monoisotopic (exact) mass is 206 g/mol. The minimum Gasteiger partial charge on any atom is -0.384 e. The zero-order valence-electron chi connectivity index (χ0n) is 8.95. The standard InChI is InChI=1S/C11H18N4/c12-11-3-2-10(8-14-11)9-15-6-1-4-13-5-7-15/h2-3,8,13H,1,4-7,9H2,(H2,12,14). The Bertz CT molecular complexity index is 288. The van der Waals surface area contributed by atoms with Gasteiger partial charge in [-0.25, -0.2) is 4.98 Å². The second kappa shape index (κ2) is 5.09. The largest absolute Gasteiger partial charge is 0.384 e. The lowest BCUT2D eigenvalue weighted by Crippen LogP contribution is -2.27. The van der Waals surface area contributed by atoms with Crippen molar-refractivity contribution in [2.24, 2.45) is 0 Å². The second-order valence-electron chi connectivity index (χ2n) is 3.97. The van der Waals surface area contributed by atoms with Crippen molar-refractivity contribution in [3.63, 3.8) is 0 Å². The summed E-state index contributed by atoms with van der Waals surface area (Å²) in [6.45, 7) is 5.48. The van der Waals surface area contributed by atoms with Gasteiger partial charge in [0.1, 0.15) is 5.82 Å². The molecule has 0 radical (unpaired) electrons. The fourth-order valence-corrected chi connectivity index (χ4v) is 1.85. The lowest BCUT2D eigenvalue weighted by molar-refractivity contribution is 0.284. The summed E-state index contributed by atoms with van der Waals surface area (Å²) in [5.74, 6) is 0.594. The van der Waals surface area contributed by atoms with Crippen molar-refractivity contribution in [2.45, 2.75) is 13.0 Å². The Hall–Kier alpha value is -1.13. The van der Waals surface area contributed by atoms with Gasteiger partial charge in [-0.05, 0) is 31.1 Å². The van der Waals surface area contributed by atoms with E-state index in [1.165, 1.54) is 12.0 Å². The normalized spacial score (nSPS) is 18.7. The van der Waals surface area contributed by atoms with Gasteiger partial charge in [0.25, 0.3) is 0 Å². The van der Waals surface area contributed by atoms with Gasteiger partial charge in [0, 0.05) is 25.8 Å². The van der Waals surface area contributed by atoms with E-state index in [1.54, 1.807) is 0 Å². The summed E-state index contributed by atoms with van der Waals surface area (Å²) in [6, 6.07) is 3.92. The Balaban J connectivity index is 1.92. The first-order valence-corrected chi connectivity index (χ1v) is 5.48. The number of pyridine rings is 1. The maximum atomic E-state index is 5.55. The van der Waals surface area contributed by atoms with Gasteiger partial charge in [-0.1, -0.05) is 6.07 Å². The van der Waals surface area contributed by atoms with Crippen LogP contribution in [-0.4, -0.2) is 36.1 Å². The van der Waals surface area contributed by atoms with Gasteiger partial charge in [0.05, 0.1) is 0 Å². The molecule has 3 N–H and O–H groups in total. The SMILES string of the molecule is Nc1ccc(CN2CCCNCC2)cn1. The Morgan fingerprint density at radius 1 is 1.33 bits per heavy atom. The van der Waals surface area contributed by atoms with E-state index in [4.69, 9.17) is 5.73 Å².